The second-order valence-electron chi connectivity index (χ2n) is 24.7. The molecule has 2 saturated heterocycles. The number of alkyl halides is 1. The number of aliphatic hydroxyl groups excluding tert-OH is 1. The van der Waals surface area contributed by atoms with E-state index in [1.54, 1.807) is 36.4 Å². The Kier molecular flexibility index (Phi) is 22.6. The second-order valence-corrected chi connectivity index (χ2v) is 24.7. The molecule has 2 bridgehead atoms. The van der Waals surface area contributed by atoms with Crippen LogP contribution in [0.3, 0.4) is 0 Å². The highest BCUT2D eigenvalue weighted by atomic mass is 19.1. The summed E-state index contributed by atoms with van der Waals surface area (Å²) in [4.78, 5) is 151. The topological polar surface area (TPSA) is 360 Å². The Bertz CT molecular complexity index is 3830. The number of rotatable bonds is 9. The lowest BCUT2D eigenvalue weighted by Gasteiger charge is -2.37. The van der Waals surface area contributed by atoms with Gasteiger partial charge in [0.15, 0.2) is 0 Å². The lowest BCUT2D eigenvalue weighted by molar-refractivity contribution is -0.147. The first-order chi connectivity index (χ1) is 45.4. The maximum Gasteiger partial charge on any atom is 0.246 e. The fraction of sp³-hybridized carbons (Fsp3) is 0.433. The van der Waals surface area contributed by atoms with Crippen LogP contribution < -0.4 is 53.0 Å². The monoisotopic (exact) mass is 1320 g/mol. The van der Waals surface area contributed by atoms with Crippen LogP contribution in [0.2, 0.25) is 0 Å². The van der Waals surface area contributed by atoms with Gasteiger partial charge in [-0.3, -0.25) is 47.9 Å². The molecule has 13 N–H and O–H groups in total. The molecule has 4 aliphatic heterocycles. The van der Waals surface area contributed by atoms with Gasteiger partial charge in [0.2, 0.25) is 59.1 Å². The number of amides is 10. The number of primary amides is 1. The summed E-state index contributed by atoms with van der Waals surface area (Å²) in [5.74, 6) is -9.42. The minimum Gasteiger partial charge on any atom is -0.497 e. The van der Waals surface area contributed by atoms with Crippen LogP contribution in [0.15, 0.2) is 97.3 Å². The Hall–Kier alpha value is -9.83. The van der Waals surface area contributed by atoms with E-state index >= 15 is 18.8 Å². The van der Waals surface area contributed by atoms with Gasteiger partial charge in [0.05, 0.1) is 26.3 Å². The maximum absolute atomic E-state index is 16.0. The van der Waals surface area contributed by atoms with Crippen molar-refractivity contribution in [2.45, 2.75) is 152 Å². The lowest BCUT2D eigenvalue weighted by Crippen LogP contribution is -2.64. The van der Waals surface area contributed by atoms with Crippen molar-refractivity contribution in [1.29, 1.82) is 0 Å². The van der Waals surface area contributed by atoms with Crippen LogP contribution in [0.4, 0.5) is 13.2 Å². The van der Waals surface area contributed by atoms with Gasteiger partial charge in [-0.25, -0.2) is 13.2 Å². The number of nitrogens with zero attached hydrogens (tertiary/aromatic N) is 2. The molecule has 0 aliphatic carbocycles. The number of hydrogen-bond acceptors (Lipinski definition) is 13. The first-order valence-electron chi connectivity index (χ1n) is 31.6. The number of halogens is 3. The minimum atomic E-state index is -1.88. The normalized spacial score (nSPS) is 25.2. The molecule has 2 aromatic heterocycles. The highest BCUT2D eigenvalue weighted by Gasteiger charge is 2.49. The van der Waals surface area contributed by atoms with E-state index in [4.69, 9.17) is 10.5 Å². The molecule has 2 fully saturated rings. The molecule has 6 heterocycles. The quantitative estimate of drug-likeness (QED) is 0.0919. The van der Waals surface area contributed by atoms with E-state index in [0.29, 0.717) is 76.6 Å². The van der Waals surface area contributed by atoms with Gasteiger partial charge in [-0.05, 0) is 129 Å². The number of H-pyrrole nitrogens is 2. The number of aromatic nitrogens is 2. The smallest absolute Gasteiger partial charge is 0.246 e. The summed E-state index contributed by atoms with van der Waals surface area (Å²) in [7, 11) is 1.46. The standard InChI is InChI=1S/C67H80F3N13O12/c1-36-60(88)77-52(26-41-32-73-49-19-15-43(68)28-47(41)49)61(89)78-54(27-42-33-74-50-20-16-44(69)29-48(42)50)64(92)82-35-45(70)30-55(82)62(90)81-58(37(2)84)63(91)79-53(25-39-13-17-46(95-4)18-14-39)65(93)83-23-7-21-67(83,3)66(94)80-51(59(71)87)24-38-9-11-40(12-10-38)31-72-22-6-5-8-56(85)75-34-57(86)76-36/h9-20,28-29,32-33,36-37,45,51-55,58,72-74,84H,5-8,21-27,30-31,34-35H2,1-4H3,(H2,71,87)(H,75,85)(H,76,86)(H,77,88)(H,78,89)(H,79,91)(H,80,94)(H,81,90)/t36-,37-,45+,51+,52+,53+,54+,55+,58+,67+/m1/s1. The van der Waals surface area contributed by atoms with E-state index in [2.05, 4.69) is 52.5 Å². The molecule has 10 rings (SSSR count). The molecule has 10 amide bonds. The third-order valence-corrected chi connectivity index (χ3v) is 17.7. The molecule has 0 saturated carbocycles. The van der Waals surface area contributed by atoms with E-state index in [1.807, 2.05) is 12.1 Å². The number of nitrogens with one attached hydrogen (secondary N) is 10. The van der Waals surface area contributed by atoms with Crippen LogP contribution >= 0.6 is 0 Å². The van der Waals surface area contributed by atoms with Crippen molar-refractivity contribution in [1.82, 2.24) is 62.3 Å². The van der Waals surface area contributed by atoms with Gasteiger partial charge in [0.25, 0.3) is 0 Å². The van der Waals surface area contributed by atoms with Crippen molar-refractivity contribution in [2.75, 3.05) is 33.3 Å². The fourth-order valence-electron chi connectivity index (χ4n) is 12.3. The molecule has 0 spiro atoms. The summed E-state index contributed by atoms with van der Waals surface area (Å²) in [6, 6.07) is 10.6. The predicted molar refractivity (Wildman–Crippen MR) is 342 cm³/mol. The molecule has 0 radical (unpaired) electrons. The highest BCUT2D eigenvalue weighted by Crippen LogP contribution is 2.32. The molecule has 95 heavy (non-hydrogen) atoms. The van der Waals surface area contributed by atoms with Gasteiger partial charge < -0.3 is 77.9 Å². The summed E-state index contributed by atoms with van der Waals surface area (Å²) in [6.45, 7) is 3.83. The zero-order chi connectivity index (χ0) is 68.3. The van der Waals surface area contributed by atoms with E-state index in [0.717, 1.165) is 10.5 Å². The first-order valence-corrected chi connectivity index (χ1v) is 31.6. The third kappa shape index (κ3) is 17.3. The molecule has 0 unspecified atom stereocenters. The molecule has 25 nitrogen and oxygen atoms in total. The van der Waals surface area contributed by atoms with Crippen LogP contribution in [-0.4, -0.2) is 177 Å². The van der Waals surface area contributed by atoms with E-state index < -0.39 is 157 Å². The third-order valence-electron chi connectivity index (χ3n) is 17.7. The Morgan fingerprint density at radius 2 is 1.31 bits per heavy atom. The molecular weight excluding hydrogens is 1240 g/mol. The van der Waals surface area contributed by atoms with Gasteiger partial charge in [0, 0.05) is 85.8 Å². The maximum atomic E-state index is 16.0. The van der Waals surface area contributed by atoms with Crippen molar-refractivity contribution < 1.29 is 71.0 Å². The van der Waals surface area contributed by atoms with E-state index in [-0.39, 0.29) is 44.2 Å². The zero-order valence-electron chi connectivity index (χ0n) is 53.1. The number of aromatic amines is 2. The van der Waals surface area contributed by atoms with Crippen LogP contribution in [0, 0.1) is 11.6 Å². The first kappa shape index (κ1) is 69.5. The summed E-state index contributed by atoms with van der Waals surface area (Å²) < 4.78 is 51.1. The van der Waals surface area contributed by atoms with Gasteiger partial charge in [-0.1, -0.05) is 36.4 Å². The number of ether oxygens (including phenoxy) is 1. The molecule has 4 aromatic carbocycles. The van der Waals surface area contributed by atoms with Gasteiger partial charge >= 0.3 is 0 Å². The second kappa shape index (κ2) is 30.9. The van der Waals surface area contributed by atoms with Crippen LogP contribution in [0.25, 0.3) is 21.8 Å². The molecule has 10 atom stereocenters. The average molecular weight is 1320 g/mol. The molecule has 28 heteroatoms. The molecule has 6 aromatic rings. The van der Waals surface area contributed by atoms with Crippen molar-refractivity contribution in [3.63, 3.8) is 0 Å². The lowest BCUT2D eigenvalue weighted by atomic mass is 9.94. The summed E-state index contributed by atoms with van der Waals surface area (Å²) in [5.41, 5.74) is 7.88. The average Bonchev–Trinajstić information content (AvgIpc) is 1.71. The minimum absolute atomic E-state index is 0.00108. The Balaban J connectivity index is 1.03. The summed E-state index contributed by atoms with van der Waals surface area (Å²) in [6.07, 6.45) is -0.635. The van der Waals surface area contributed by atoms with Crippen molar-refractivity contribution in [3.05, 3.63) is 137 Å². The van der Waals surface area contributed by atoms with Crippen LogP contribution in [0.1, 0.15) is 87.1 Å². The van der Waals surface area contributed by atoms with E-state index in [1.165, 1.54) is 81.6 Å². The van der Waals surface area contributed by atoms with Gasteiger partial charge in [-0.15, -0.1) is 0 Å². The van der Waals surface area contributed by atoms with Crippen molar-refractivity contribution >= 4 is 80.9 Å². The van der Waals surface area contributed by atoms with Gasteiger partial charge in [-0.2, -0.15) is 0 Å². The molecule has 506 valence electrons. The van der Waals surface area contributed by atoms with E-state index in [9.17, 15) is 47.4 Å². The number of carbonyl (C=O) groups excluding carboxylic acids is 10. The number of aliphatic hydroxyl groups is 1. The van der Waals surface area contributed by atoms with Crippen molar-refractivity contribution in [2.24, 2.45) is 5.73 Å². The number of methoxy groups -OCH3 is 1. The Morgan fingerprint density at radius 3 is 1.94 bits per heavy atom. The molecular formula is C67H80F3N13O12. The van der Waals surface area contributed by atoms with Crippen LogP contribution in [-0.2, 0) is 80.2 Å². The summed E-state index contributed by atoms with van der Waals surface area (Å²) in [5, 5.41) is 33.5. The number of fused-ring (bicyclic) bond motifs is 31. The number of nitrogens with two attached hydrogens (primary N) is 1. The fourth-order valence-corrected chi connectivity index (χ4v) is 12.3. The largest absolute Gasteiger partial charge is 0.497 e. The Morgan fingerprint density at radius 1 is 0.695 bits per heavy atom. The van der Waals surface area contributed by atoms with Gasteiger partial charge in [0.1, 0.15) is 71.4 Å². The SMILES string of the molecule is COc1ccc(C[C@@H]2NC(=O)[C@H]([C@@H](C)O)NC(=O)[C@@H]3C[C@H](F)CN3C(=O)[C@H](Cc3c[nH]c4ccc(F)cc34)NC(=O)[C@H](Cc3c[nH]c4ccc(F)cc34)NC(=O)[C@@H](C)NC(=O)CNC(=O)CCCCNCc3ccc(cc3)C[C@@H](C(N)=O)NC(=O)[C@]3(C)CCCN3C2=O)cc1. The van der Waals surface area contributed by atoms with Crippen LogP contribution in [0.5, 0.6) is 5.75 Å². The number of benzene rings is 4. The predicted octanol–water partition coefficient (Wildman–Crippen LogP) is 1.71. The number of carbonyl (C=O) groups is 10. The molecule has 4 aliphatic rings. The van der Waals surface area contributed by atoms with Crippen molar-refractivity contribution in [3.8, 4) is 5.75 Å². The number of hydrogen-bond donors (Lipinski definition) is 12. The summed E-state index contributed by atoms with van der Waals surface area (Å²) >= 11 is 0. The highest BCUT2D eigenvalue weighted by molar-refractivity contribution is 6.00. The Labute approximate surface area is 545 Å². The zero-order valence-corrected chi connectivity index (χ0v) is 53.1.